The first-order valence-corrected chi connectivity index (χ1v) is 13.7. The fraction of sp³-hybridized carbons (Fsp3) is 0.281. The second-order valence-electron chi connectivity index (χ2n) is 10.4. The average molecular weight is 537 g/mol. The molecule has 0 spiro atoms. The third-order valence-electron chi connectivity index (χ3n) is 7.66. The monoisotopic (exact) mass is 536 g/mol. The van der Waals surface area contributed by atoms with E-state index in [4.69, 9.17) is 14.2 Å². The molecule has 0 saturated carbocycles. The van der Waals surface area contributed by atoms with Gasteiger partial charge < -0.3 is 14.4 Å². The molecule has 2 N–H and O–H groups in total. The second-order valence-corrected chi connectivity index (χ2v) is 10.4. The van der Waals surface area contributed by atoms with Crippen molar-refractivity contribution in [3.05, 3.63) is 111 Å². The molecule has 5 aromatic rings. The Morgan fingerprint density at radius 2 is 1.98 bits per heavy atom. The summed E-state index contributed by atoms with van der Waals surface area (Å²) in [7, 11) is 0. The van der Waals surface area contributed by atoms with Crippen LogP contribution in [-0.2, 0) is 19.6 Å². The molecule has 0 amide bonds. The summed E-state index contributed by atoms with van der Waals surface area (Å²) in [5, 5.41) is 13.8. The van der Waals surface area contributed by atoms with Gasteiger partial charge in [-0.2, -0.15) is 0 Å². The summed E-state index contributed by atoms with van der Waals surface area (Å²) in [6.07, 6.45) is 1.86. The molecule has 1 unspecified atom stereocenters. The zero-order valence-electron chi connectivity index (χ0n) is 22.9. The topological polar surface area (TPSA) is 106 Å². The molecule has 1 aliphatic rings. The Balaban J connectivity index is 1.46. The molecule has 0 aliphatic carbocycles. The number of hydrogen-bond donors (Lipinski definition) is 2. The number of benzene rings is 3. The molecule has 204 valence electrons. The minimum Gasteiger partial charge on any atom is -0.488 e. The minimum atomic E-state index is -0.587. The predicted molar refractivity (Wildman–Crippen MR) is 154 cm³/mol. The van der Waals surface area contributed by atoms with Gasteiger partial charge >= 0.3 is 5.76 Å². The first-order chi connectivity index (χ1) is 19.5. The van der Waals surface area contributed by atoms with Crippen molar-refractivity contribution in [2.45, 2.75) is 52.7 Å². The van der Waals surface area contributed by atoms with Crippen LogP contribution >= 0.6 is 0 Å². The maximum Gasteiger partial charge on any atom is 0.439 e. The molecular formula is C32H32N4O4. The molecule has 3 aromatic carbocycles. The number of ether oxygens (including phenoxy) is 1. The van der Waals surface area contributed by atoms with Gasteiger partial charge in [0.25, 0.3) is 0 Å². The molecule has 0 fully saturated rings. The van der Waals surface area contributed by atoms with Crippen molar-refractivity contribution >= 4 is 22.2 Å². The van der Waals surface area contributed by atoms with Gasteiger partial charge in [-0.15, -0.1) is 0 Å². The van der Waals surface area contributed by atoms with E-state index in [9.17, 15) is 9.90 Å². The van der Waals surface area contributed by atoms with Gasteiger partial charge in [-0.1, -0.05) is 61.5 Å². The normalized spacial score (nSPS) is 14.8. The quantitative estimate of drug-likeness (QED) is 0.277. The Morgan fingerprint density at radius 3 is 2.75 bits per heavy atom. The van der Waals surface area contributed by atoms with Crippen molar-refractivity contribution in [2.75, 3.05) is 6.61 Å². The Morgan fingerprint density at radius 1 is 1.12 bits per heavy atom. The second kappa shape index (κ2) is 10.6. The van der Waals surface area contributed by atoms with E-state index < -0.39 is 5.76 Å². The van der Waals surface area contributed by atoms with Crippen LogP contribution < -0.4 is 10.5 Å². The summed E-state index contributed by atoms with van der Waals surface area (Å²) < 4.78 is 13.4. The number of aromatic nitrogens is 4. The Labute approximate surface area is 231 Å². The maximum atomic E-state index is 11.7. The molecule has 6 rings (SSSR count). The van der Waals surface area contributed by atoms with Gasteiger partial charge in [-0.3, -0.25) is 9.51 Å². The number of imidazole rings is 1. The molecule has 0 radical (unpaired) electrons. The lowest BCUT2D eigenvalue weighted by molar-refractivity contribution is 0.273. The van der Waals surface area contributed by atoms with Crippen LogP contribution in [0.2, 0.25) is 0 Å². The number of fused-ring (bicyclic) bond motifs is 3. The third-order valence-corrected chi connectivity index (χ3v) is 7.66. The van der Waals surface area contributed by atoms with Crippen LogP contribution in [-0.4, -0.2) is 31.4 Å². The standard InChI is InChI=1S/C32H32N4O4/c1-4-8-28-33-30-23(19(2)17-37)10-7-11-26(30)36(28)16-21-13-14-24-22(15-21)18-39-27-12-6-5-9-25(27)29(24)20(3)31-34-32(38)40-35-31/h5-7,9-15,19,37H,4,8,16-18H2,1-3H3,(H,34,35,38)/b29-20+. The molecule has 0 saturated heterocycles. The van der Waals surface area contributed by atoms with Crippen molar-refractivity contribution in [1.29, 1.82) is 0 Å². The number of aryl methyl sites for hydroxylation is 1. The molecule has 0 bridgehead atoms. The number of allylic oxidation sites excluding steroid dienone is 1. The van der Waals surface area contributed by atoms with Gasteiger partial charge in [0.15, 0.2) is 5.82 Å². The summed E-state index contributed by atoms with van der Waals surface area (Å²) in [6, 6.07) is 20.6. The van der Waals surface area contributed by atoms with Crippen molar-refractivity contribution in [3.8, 4) is 5.75 Å². The largest absolute Gasteiger partial charge is 0.488 e. The summed E-state index contributed by atoms with van der Waals surface area (Å²) in [5.41, 5.74) is 9.00. The van der Waals surface area contributed by atoms with E-state index in [1.54, 1.807) is 0 Å². The third kappa shape index (κ3) is 4.54. The van der Waals surface area contributed by atoms with E-state index in [0.29, 0.717) is 19.0 Å². The molecule has 40 heavy (non-hydrogen) atoms. The van der Waals surface area contributed by atoms with Gasteiger partial charge in [0.2, 0.25) is 0 Å². The number of aliphatic hydroxyl groups is 1. The fourth-order valence-electron chi connectivity index (χ4n) is 5.61. The van der Waals surface area contributed by atoms with Gasteiger partial charge in [0.1, 0.15) is 18.2 Å². The highest BCUT2D eigenvalue weighted by atomic mass is 16.5. The van der Waals surface area contributed by atoms with Crippen molar-refractivity contribution < 1.29 is 14.4 Å². The van der Waals surface area contributed by atoms with Crippen LogP contribution in [0, 0.1) is 0 Å². The maximum absolute atomic E-state index is 11.7. The van der Waals surface area contributed by atoms with Crippen LogP contribution in [0.15, 0.2) is 70.0 Å². The molecule has 8 nitrogen and oxygen atoms in total. The van der Waals surface area contributed by atoms with Crippen LogP contribution in [0.25, 0.3) is 22.2 Å². The number of nitrogens with one attached hydrogen (secondary N) is 1. The van der Waals surface area contributed by atoms with Crippen molar-refractivity contribution in [2.24, 2.45) is 0 Å². The van der Waals surface area contributed by atoms with Crippen molar-refractivity contribution in [1.82, 2.24) is 19.7 Å². The van der Waals surface area contributed by atoms with E-state index in [0.717, 1.165) is 74.4 Å². The molecule has 1 aliphatic heterocycles. The lowest BCUT2D eigenvalue weighted by Gasteiger charge is -2.15. The molecule has 1 atom stereocenters. The lowest BCUT2D eigenvalue weighted by Crippen LogP contribution is -2.07. The summed E-state index contributed by atoms with van der Waals surface area (Å²) in [5.74, 6) is 1.64. The molecule has 2 aromatic heterocycles. The predicted octanol–water partition coefficient (Wildman–Crippen LogP) is 5.68. The van der Waals surface area contributed by atoms with Gasteiger partial charge in [-0.25, -0.2) is 9.78 Å². The van der Waals surface area contributed by atoms with Crippen LogP contribution in [0.4, 0.5) is 0 Å². The first kappa shape index (κ1) is 25.8. The number of hydrogen-bond acceptors (Lipinski definition) is 6. The average Bonchev–Trinajstić information content (AvgIpc) is 3.51. The number of H-pyrrole nitrogens is 1. The molecule has 8 heteroatoms. The van der Waals surface area contributed by atoms with Crippen LogP contribution in [0.3, 0.4) is 0 Å². The van der Waals surface area contributed by atoms with Gasteiger partial charge in [0.05, 0.1) is 11.0 Å². The minimum absolute atomic E-state index is 0.0147. The number of aromatic amines is 1. The van der Waals surface area contributed by atoms with E-state index >= 15 is 0 Å². The Bertz CT molecular complexity index is 1790. The Hall–Kier alpha value is -4.43. The summed E-state index contributed by atoms with van der Waals surface area (Å²) in [4.78, 5) is 19.5. The lowest BCUT2D eigenvalue weighted by atomic mass is 9.89. The highest BCUT2D eigenvalue weighted by Crippen LogP contribution is 2.40. The number of nitrogens with zero attached hydrogens (tertiary/aromatic N) is 3. The summed E-state index contributed by atoms with van der Waals surface area (Å²) in [6.45, 7) is 7.28. The first-order valence-electron chi connectivity index (χ1n) is 13.7. The SMILES string of the molecule is CCCc1nc2c(C(C)CO)cccc2n1Cc1ccc2c(c1)COc1ccccc1/C2=C(\C)c1noc(=O)[nH]1. The number of para-hydroxylation sites is 2. The Kier molecular flexibility index (Phi) is 6.86. The number of rotatable bonds is 7. The van der Waals surface area contributed by atoms with Gasteiger partial charge in [0, 0.05) is 36.6 Å². The highest BCUT2D eigenvalue weighted by Gasteiger charge is 2.24. The van der Waals surface area contributed by atoms with E-state index in [2.05, 4.69) is 52.0 Å². The smallest absolute Gasteiger partial charge is 0.439 e. The van der Waals surface area contributed by atoms with E-state index in [1.165, 1.54) is 0 Å². The molecule has 3 heterocycles. The zero-order valence-corrected chi connectivity index (χ0v) is 22.9. The zero-order chi connectivity index (χ0) is 27.8. The van der Waals surface area contributed by atoms with Crippen LogP contribution in [0.1, 0.15) is 72.6 Å². The van der Waals surface area contributed by atoms with Crippen LogP contribution in [0.5, 0.6) is 5.75 Å². The highest BCUT2D eigenvalue weighted by molar-refractivity contribution is 5.99. The number of aliphatic hydroxyl groups excluding tert-OH is 1. The van der Waals surface area contributed by atoms with Gasteiger partial charge in [-0.05, 0) is 59.4 Å². The van der Waals surface area contributed by atoms with E-state index in [-0.39, 0.29) is 12.5 Å². The fourth-order valence-corrected chi connectivity index (χ4v) is 5.61. The van der Waals surface area contributed by atoms with E-state index in [1.807, 2.05) is 44.2 Å². The molecular weight excluding hydrogens is 504 g/mol. The van der Waals surface area contributed by atoms with Crippen molar-refractivity contribution in [3.63, 3.8) is 0 Å². The summed E-state index contributed by atoms with van der Waals surface area (Å²) >= 11 is 0.